The summed E-state index contributed by atoms with van der Waals surface area (Å²) in [6.45, 7) is -0.171. The molecule has 0 atom stereocenters. The first kappa shape index (κ1) is 14.2. The van der Waals surface area contributed by atoms with Gasteiger partial charge in [0.15, 0.2) is 0 Å². The van der Waals surface area contributed by atoms with Crippen molar-refractivity contribution in [2.75, 3.05) is 11.9 Å². The third-order valence-electron chi connectivity index (χ3n) is 2.67. The standard InChI is InChI=1S/C12H12BrF3N2O/c13-7-1-4-9(12(14,15)16)10(5-7)17-6-11(19)18-8-2-3-8/h1,4-5,8,17H,2-3,6H2,(H,18,19). The molecular weight excluding hydrogens is 325 g/mol. The molecule has 0 unspecified atom stereocenters. The predicted molar refractivity (Wildman–Crippen MR) is 68.8 cm³/mol. The molecule has 0 radical (unpaired) electrons. The van der Waals surface area contributed by atoms with Gasteiger partial charge in [-0.1, -0.05) is 15.9 Å². The van der Waals surface area contributed by atoms with Crippen molar-refractivity contribution in [3.05, 3.63) is 28.2 Å². The van der Waals surface area contributed by atoms with Crippen LogP contribution in [0.25, 0.3) is 0 Å². The molecule has 1 saturated carbocycles. The van der Waals surface area contributed by atoms with E-state index in [1.807, 2.05) is 0 Å². The number of hydrogen-bond acceptors (Lipinski definition) is 2. The minimum absolute atomic E-state index is 0.104. The van der Waals surface area contributed by atoms with Gasteiger partial charge >= 0.3 is 6.18 Å². The molecule has 0 spiro atoms. The summed E-state index contributed by atoms with van der Waals surface area (Å²) in [4.78, 5) is 11.4. The molecule has 1 aromatic carbocycles. The molecule has 0 saturated heterocycles. The molecule has 1 aromatic rings. The second-order valence-electron chi connectivity index (χ2n) is 4.38. The van der Waals surface area contributed by atoms with Crippen molar-refractivity contribution >= 4 is 27.5 Å². The Kier molecular flexibility index (Phi) is 4.03. The number of alkyl halides is 3. The zero-order chi connectivity index (χ0) is 14.0. The summed E-state index contributed by atoms with van der Waals surface area (Å²) in [6.07, 6.45) is -2.57. The second-order valence-corrected chi connectivity index (χ2v) is 5.30. The normalized spacial score (nSPS) is 15.2. The van der Waals surface area contributed by atoms with Gasteiger partial charge in [-0.05, 0) is 31.0 Å². The van der Waals surface area contributed by atoms with E-state index in [0.29, 0.717) is 4.47 Å². The van der Waals surface area contributed by atoms with Crippen LogP contribution in [0.15, 0.2) is 22.7 Å². The Bertz CT molecular complexity index is 486. The molecule has 0 aromatic heterocycles. The lowest BCUT2D eigenvalue weighted by molar-refractivity contribution is -0.137. The highest BCUT2D eigenvalue weighted by Crippen LogP contribution is 2.36. The summed E-state index contributed by atoms with van der Waals surface area (Å²) >= 11 is 3.11. The first-order valence-corrected chi connectivity index (χ1v) is 6.55. The summed E-state index contributed by atoms with van der Waals surface area (Å²) in [7, 11) is 0. The van der Waals surface area contributed by atoms with E-state index in [0.717, 1.165) is 18.9 Å². The van der Waals surface area contributed by atoms with Crippen LogP contribution < -0.4 is 10.6 Å². The van der Waals surface area contributed by atoms with Gasteiger partial charge in [-0.15, -0.1) is 0 Å². The molecule has 104 valence electrons. The van der Waals surface area contributed by atoms with Crippen LogP contribution in [0.4, 0.5) is 18.9 Å². The van der Waals surface area contributed by atoms with Crippen LogP contribution in [-0.4, -0.2) is 18.5 Å². The topological polar surface area (TPSA) is 41.1 Å². The van der Waals surface area contributed by atoms with Gasteiger partial charge in [-0.2, -0.15) is 13.2 Å². The smallest absolute Gasteiger partial charge is 0.376 e. The number of hydrogen-bond donors (Lipinski definition) is 2. The highest BCUT2D eigenvalue weighted by atomic mass is 79.9. The number of anilines is 1. The van der Waals surface area contributed by atoms with Gasteiger partial charge in [0.2, 0.25) is 5.91 Å². The van der Waals surface area contributed by atoms with Crippen LogP contribution in [-0.2, 0) is 11.0 Å². The lowest BCUT2D eigenvalue weighted by atomic mass is 10.1. The molecule has 19 heavy (non-hydrogen) atoms. The Labute approximate surface area is 116 Å². The summed E-state index contributed by atoms with van der Waals surface area (Å²) in [5, 5.41) is 5.23. The highest BCUT2D eigenvalue weighted by molar-refractivity contribution is 9.10. The van der Waals surface area contributed by atoms with Crippen molar-refractivity contribution in [2.24, 2.45) is 0 Å². The molecule has 1 amide bonds. The fraction of sp³-hybridized carbons (Fsp3) is 0.417. The molecule has 2 rings (SSSR count). The third-order valence-corrected chi connectivity index (χ3v) is 3.16. The number of rotatable bonds is 4. The molecule has 0 aliphatic heterocycles. The van der Waals surface area contributed by atoms with Gasteiger partial charge in [-0.3, -0.25) is 4.79 Å². The predicted octanol–water partition coefficient (Wildman–Crippen LogP) is 3.16. The van der Waals surface area contributed by atoms with E-state index < -0.39 is 11.7 Å². The molecule has 3 nitrogen and oxygen atoms in total. The molecule has 0 bridgehead atoms. The van der Waals surface area contributed by atoms with Gasteiger partial charge in [0, 0.05) is 16.2 Å². The number of nitrogens with one attached hydrogen (secondary N) is 2. The zero-order valence-corrected chi connectivity index (χ0v) is 11.4. The van der Waals surface area contributed by atoms with Crippen molar-refractivity contribution < 1.29 is 18.0 Å². The Balaban J connectivity index is 2.05. The first-order valence-electron chi connectivity index (χ1n) is 5.76. The molecule has 1 aliphatic rings. The summed E-state index contributed by atoms with van der Waals surface area (Å²) in [6, 6.07) is 3.80. The maximum Gasteiger partial charge on any atom is 0.418 e. The van der Waals surface area contributed by atoms with E-state index in [2.05, 4.69) is 26.6 Å². The molecule has 0 heterocycles. The Hall–Kier alpha value is -1.24. The summed E-state index contributed by atoms with van der Waals surface area (Å²) < 4.78 is 38.8. The van der Waals surface area contributed by atoms with Gasteiger partial charge < -0.3 is 10.6 Å². The molecule has 1 fully saturated rings. The van der Waals surface area contributed by atoms with Crippen molar-refractivity contribution in [1.82, 2.24) is 5.32 Å². The molecule has 7 heteroatoms. The lowest BCUT2D eigenvalue weighted by Gasteiger charge is -2.14. The fourth-order valence-corrected chi connectivity index (χ4v) is 1.95. The minimum atomic E-state index is -4.45. The quantitative estimate of drug-likeness (QED) is 0.886. The van der Waals surface area contributed by atoms with E-state index >= 15 is 0 Å². The average Bonchev–Trinajstić information content (AvgIpc) is 3.08. The van der Waals surface area contributed by atoms with E-state index in [-0.39, 0.29) is 24.2 Å². The largest absolute Gasteiger partial charge is 0.418 e. The molecular formula is C12H12BrF3N2O. The number of carbonyl (C=O) groups excluding carboxylic acids is 1. The summed E-state index contributed by atoms with van der Waals surface area (Å²) in [5.41, 5.74) is -0.886. The van der Waals surface area contributed by atoms with E-state index in [1.165, 1.54) is 12.1 Å². The van der Waals surface area contributed by atoms with Gasteiger partial charge in [0.05, 0.1) is 12.1 Å². The van der Waals surface area contributed by atoms with E-state index in [4.69, 9.17) is 0 Å². The van der Waals surface area contributed by atoms with Crippen LogP contribution in [0.5, 0.6) is 0 Å². The van der Waals surface area contributed by atoms with Crippen LogP contribution in [0.2, 0.25) is 0 Å². The van der Waals surface area contributed by atoms with Gasteiger partial charge in [-0.25, -0.2) is 0 Å². The number of amides is 1. The Morgan fingerprint density at radius 3 is 2.63 bits per heavy atom. The second kappa shape index (κ2) is 5.40. The van der Waals surface area contributed by atoms with Gasteiger partial charge in [0.25, 0.3) is 0 Å². The SMILES string of the molecule is O=C(CNc1cc(Br)ccc1C(F)(F)F)NC1CC1. The number of carbonyl (C=O) groups is 1. The maximum atomic E-state index is 12.8. The first-order chi connectivity index (χ1) is 8.86. The van der Waals surface area contributed by atoms with Crippen LogP contribution >= 0.6 is 15.9 Å². The fourth-order valence-electron chi connectivity index (χ4n) is 1.59. The third kappa shape index (κ3) is 4.12. The zero-order valence-electron chi connectivity index (χ0n) is 9.85. The van der Waals surface area contributed by atoms with Crippen molar-refractivity contribution in [3.8, 4) is 0 Å². The van der Waals surface area contributed by atoms with E-state index in [9.17, 15) is 18.0 Å². The maximum absolute atomic E-state index is 12.8. The monoisotopic (exact) mass is 336 g/mol. The summed E-state index contributed by atoms with van der Waals surface area (Å²) in [5.74, 6) is -0.296. The van der Waals surface area contributed by atoms with Crippen LogP contribution in [0.3, 0.4) is 0 Å². The van der Waals surface area contributed by atoms with E-state index in [1.54, 1.807) is 0 Å². The van der Waals surface area contributed by atoms with Crippen molar-refractivity contribution in [1.29, 1.82) is 0 Å². The van der Waals surface area contributed by atoms with Crippen LogP contribution in [0.1, 0.15) is 18.4 Å². The van der Waals surface area contributed by atoms with Gasteiger partial charge in [0.1, 0.15) is 0 Å². The number of benzene rings is 1. The molecule has 1 aliphatic carbocycles. The number of halogens is 4. The lowest BCUT2D eigenvalue weighted by Crippen LogP contribution is -2.31. The van der Waals surface area contributed by atoms with Crippen molar-refractivity contribution in [2.45, 2.75) is 25.1 Å². The highest BCUT2D eigenvalue weighted by Gasteiger charge is 2.33. The van der Waals surface area contributed by atoms with Crippen LogP contribution in [0, 0.1) is 0 Å². The Morgan fingerprint density at radius 2 is 2.05 bits per heavy atom. The Morgan fingerprint density at radius 1 is 1.37 bits per heavy atom. The molecule has 2 N–H and O–H groups in total. The minimum Gasteiger partial charge on any atom is -0.376 e. The average molecular weight is 337 g/mol. The van der Waals surface area contributed by atoms with Crippen molar-refractivity contribution in [3.63, 3.8) is 0 Å².